The highest BCUT2D eigenvalue weighted by molar-refractivity contribution is 5.99. The number of amides is 1. The molecule has 0 spiro atoms. The summed E-state index contributed by atoms with van der Waals surface area (Å²) >= 11 is 0. The summed E-state index contributed by atoms with van der Waals surface area (Å²) in [7, 11) is 1.48. The van der Waals surface area contributed by atoms with Gasteiger partial charge in [0.1, 0.15) is 0 Å². The minimum atomic E-state index is -0.466. The van der Waals surface area contributed by atoms with Crippen molar-refractivity contribution in [2.24, 2.45) is 0 Å². The normalized spacial score (nSPS) is 16.8. The lowest BCUT2D eigenvalue weighted by molar-refractivity contribution is 0.0639. The van der Waals surface area contributed by atoms with E-state index in [1.54, 1.807) is 18.2 Å². The number of nitrogens with two attached hydrogens (primary N) is 1. The van der Waals surface area contributed by atoms with E-state index in [-0.39, 0.29) is 12.5 Å². The van der Waals surface area contributed by atoms with Crippen molar-refractivity contribution in [3.63, 3.8) is 0 Å². The lowest BCUT2D eigenvalue weighted by atomic mass is 9.77. The molecule has 0 unspecified atom stereocenters. The van der Waals surface area contributed by atoms with Gasteiger partial charge in [0.15, 0.2) is 5.75 Å². The second-order valence-corrected chi connectivity index (χ2v) is 4.67. The van der Waals surface area contributed by atoms with Gasteiger partial charge < -0.3 is 20.9 Å². The van der Waals surface area contributed by atoms with Crippen LogP contribution in [0.4, 0.5) is 5.69 Å². The van der Waals surface area contributed by atoms with E-state index in [4.69, 9.17) is 10.5 Å². The molecule has 1 aliphatic rings. The zero-order valence-corrected chi connectivity index (χ0v) is 10.4. The Balaban J connectivity index is 2.21. The molecule has 4 N–H and O–H groups in total. The number of nitrogens with one attached hydrogen (secondary N) is 1. The molecule has 18 heavy (non-hydrogen) atoms. The molecule has 5 nitrogen and oxygen atoms in total. The minimum Gasteiger partial charge on any atom is -0.494 e. The summed E-state index contributed by atoms with van der Waals surface area (Å²) in [6.07, 6.45) is 2.63. The molecule has 0 heterocycles. The van der Waals surface area contributed by atoms with Crippen molar-refractivity contribution in [1.82, 2.24) is 5.32 Å². The molecule has 1 aliphatic carbocycles. The third-order valence-corrected chi connectivity index (χ3v) is 3.49. The summed E-state index contributed by atoms with van der Waals surface area (Å²) in [6, 6.07) is 5.05. The summed E-state index contributed by atoms with van der Waals surface area (Å²) in [5.74, 6) is 0.121. The van der Waals surface area contributed by atoms with Gasteiger partial charge in [-0.2, -0.15) is 0 Å². The summed E-state index contributed by atoms with van der Waals surface area (Å²) in [4.78, 5) is 12.2. The van der Waals surface area contributed by atoms with Gasteiger partial charge in [0.25, 0.3) is 5.91 Å². The van der Waals surface area contributed by atoms with Gasteiger partial charge >= 0.3 is 0 Å². The largest absolute Gasteiger partial charge is 0.494 e. The van der Waals surface area contributed by atoms with Crippen LogP contribution in [0.25, 0.3) is 0 Å². The fraction of sp³-hybridized carbons (Fsp3) is 0.462. The van der Waals surface area contributed by atoms with E-state index in [9.17, 15) is 9.90 Å². The first-order valence-corrected chi connectivity index (χ1v) is 5.98. The molecular formula is C13H18N2O3. The van der Waals surface area contributed by atoms with Crippen LogP contribution >= 0.6 is 0 Å². The van der Waals surface area contributed by atoms with Crippen molar-refractivity contribution in [3.05, 3.63) is 23.8 Å². The molecule has 98 valence electrons. The fourth-order valence-electron chi connectivity index (χ4n) is 2.20. The first-order valence-electron chi connectivity index (χ1n) is 5.98. The summed E-state index contributed by atoms with van der Waals surface area (Å²) < 4.78 is 5.15. The van der Waals surface area contributed by atoms with Crippen molar-refractivity contribution < 1.29 is 14.6 Å². The van der Waals surface area contributed by atoms with Gasteiger partial charge in [-0.3, -0.25) is 4.79 Å². The Bertz CT molecular complexity index is 450. The molecule has 0 bridgehead atoms. The number of nitrogen functional groups attached to an aromatic ring is 1. The zero-order chi connectivity index (χ0) is 13.2. The first-order chi connectivity index (χ1) is 8.62. The zero-order valence-electron chi connectivity index (χ0n) is 10.4. The van der Waals surface area contributed by atoms with Crippen molar-refractivity contribution in [1.29, 1.82) is 0 Å². The van der Waals surface area contributed by atoms with Gasteiger partial charge in [-0.05, 0) is 31.4 Å². The molecule has 1 aromatic carbocycles. The molecule has 1 amide bonds. The average molecular weight is 250 g/mol. The highest BCUT2D eigenvalue weighted by Crippen LogP contribution is 2.33. The number of aliphatic hydroxyl groups is 1. The van der Waals surface area contributed by atoms with Crippen molar-refractivity contribution in [3.8, 4) is 5.75 Å². The standard InChI is InChI=1S/C13H18N2O3/c1-18-11-9(4-2-5-10(11)14)12(17)15-13(8-16)6-3-7-13/h2,4-5,16H,3,6-8,14H2,1H3,(H,15,17). The van der Waals surface area contributed by atoms with Gasteiger partial charge in [0.2, 0.25) is 0 Å². The first kappa shape index (κ1) is 12.7. The maximum absolute atomic E-state index is 12.2. The van der Waals surface area contributed by atoms with Crippen LogP contribution < -0.4 is 15.8 Å². The smallest absolute Gasteiger partial charge is 0.255 e. The van der Waals surface area contributed by atoms with Gasteiger partial charge in [0.05, 0.1) is 30.5 Å². The van der Waals surface area contributed by atoms with Gasteiger partial charge in [-0.15, -0.1) is 0 Å². The second kappa shape index (κ2) is 4.86. The molecule has 0 aromatic heterocycles. The van der Waals surface area contributed by atoms with E-state index in [0.717, 1.165) is 19.3 Å². The van der Waals surface area contributed by atoms with Gasteiger partial charge in [-0.25, -0.2) is 0 Å². The number of carbonyl (C=O) groups excluding carboxylic acids is 1. The third kappa shape index (κ3) is 2.13. The highest BCUT2D eigenvalue weighted by Gasteiger charge is 2.38. The van der Waals surface area contributed by atoms with Gasteiger partial charge in [-0.1, -0.05) is 6.07 Å². The van der Waals surface area contributed by atoms with E-state index < -0.39 is 5.54 Å². The van der Waals surface area contributed by atoms with Crippen LogP contribution in [0.1, 0.15) is 29.6 Å². The van der Waals surface area contributed by atoms with E-state index in [2.05, 4.69) is 5.32 Å². The number of rotatable bonds is 4. The topological polar surface area (TPSA) is 84.6 Å². The molecule has 0 aliphatic heterocycles. The Morgan fingerprint density at radius 3 is 2.78 bits per heavy atom. The van der Waals surface area contributed by atoms with Crippen LogP contribution in [0.15, 0.2) is 18.2 Å². The number of hydrogen-bond donors (Lipinski definition) is 3. The number of benzene rings is 1. The number of carbonyl (C=O) groups is 1. The SMILES string of the molecule is COc1c(N)cccc1C(=O)NC1(CO)CCC1. The lowest BCUT2D eigenvalue weighted by Crippen LogP contribution is -2.56. The summed E-state index contributed by atoms with van der Waals surface area (Å²) in [5.41, 5.74) is 6.12. The molecular weight excluding hydrogens is 232 g/mol. The number of aliphatic hydroxyl groups excluding tert-OH is 1. The van der Waals surface area contributed by atoms with Crippen molar-refractivity contribution in [2.75, 3.05) is 19.5 Å². The Morgan fingerprint density at radius 2 is 2.28 bits per heavy atom. The summed E-state index contributed by atoms with van der Waals surface area (Å²) in [5, 5.41) is 12.2. The number of methoxy groups -OCH3 is 1. The maximum atomic E-state index is 12.2. The van der Waals surface area contributed by atoms with E-state index >= 15 is 0 Å². The average Bonchev–Trinajstić information content (AvgIpc) is 2.33. The molecule has 0 saturated heterocycles. The predicted molar refractivity (Wildman–Crippen MR) is 68.5 cm³/mol. The van der Waals surface area contributed by atoms with Crippen molar-refractivity contribution >= 4 is 11.6 Å². The quantitative estimate of drug-likeness (QED) is 0.694. The summed E-state index contributed by atoms with van der Waals surface area (Å²) in [6.45, 7) is -0.0383. The van der Waals surface area contributed by atoms with Crippen LogP contribution in [0.3, 0.4) is 0 Å². The molecule has 0 radical (unpaired) electrons. The number of para-hydroxylation sites is 1. The Hall–Kier alpha value is -1.75. The van der Waals surface area contributed by atoms with E-state index in [0.29, 0.717) is 17.0 Å². The molecule has 2 rings (SSSR count). The maximum Gasteiger partial charge on any atom is 0.255 e. The Labute approximate surface area is 106 Å². The molecule has 1 aromatic rings. The molecule has 0 atom stereocenters. The highest BCUT2D eigenvalue weighted by atomic mass is 16.5. The number of anilines is 1. The number of ether oxygens (including phenoxy) is 1. The van der Waals surface area contributed by atoms with Crippen LogP contribution in [-0.4, -0.2) is 30.3 Å². The lowest BCUT2D eigenvalue weighted by Gasteiger charge is -2.41. The number of hydrogen-bond acceptors (Lipinski definition) is 4. The molecule has 1 saturated carbocycles. The second-order valence-electron chi connectivity index (χ2n) is 4.67. The van der Waals surface area contributed by atoms with Crippen LogP contribution in [0.5, 0.6) is 5.75 Å². The monoisotopic (exact) mass is 250 g/mol. The van der Waals surface area contributed by atoms with Crippen LogP contribution in [0.2, 0.25) is 0 Å². The Kier molecular flexibility index (Phi) is 3.43. The Morgan fingerprint density at radius 1 is 1.56 bits per heavy atom. The third-order valence-electron chi connectivity index (χ3n) is 3.49. The van der Waals surface area contributed by atoms with Crippen molar-refractivity contribution in [2.45, 2.75) is 24.8 Å². The van der Waals surface area contributed by atoms with E-state index in [1.165, 1.54) is 7.11 Å². The van der Waals surface area contributed by atoms with E-state index in [1.807, 2.05) is 0 Å². The molecule has 5 heteroatoms. The van der Waals surface area contributed by atoms with Crippen LogP contribution in [-0.2, 0) is 0 Å². The fourth-order valence-corrected chi connectivity index (χ4v) is 2.20. The van der Waals surface area contributed by atoms with Gasteiger partial charge in [0, 0.05) is 0 Å². The molecule has 1 fully saturated rings. The van der Waals surface area contributed by atoms with Crippen LogP contribution in [0, 0.1) is 0 Å². The minimum absolute atomic E-state index is 0.0383. The predicted octanol–water partition coefficient (Wildman–Crippen LogP) is 0.922.